The summed E-state index contributed by atoms with van der Waals surface area (Å²) in [5.41, 5.74) is 1.41. The van der Waals surface area contributed by atoms with Gasteiger partial charge in [0, 0.05) is 28.6 Å². The number of ether oxygens (including phenoxy) is 2. The Morgan fingerprint density at radius 1 is 0.957 bits per heavy atom. The molecule has 3 heterocycles. The van der Waals surface area contributed by atoms with E-state index in [1.807, 2.05) is 0 Å². The highest BCUT2D eigenvalue weighted by atomic mass is 32.2. The van der Waals surface area contributed by atoms with Crippen LogP contribution in [-0.4, -0.2) is 52.1 Å². The molecule has 47 heavy (non-hydrogen) atoms. The molecule has 0 bridgehead atoms. The summed E-state index contributed by atoms with van der Waals surface area (Å²) in [6.45, 7) is 1.56. The van der Waals surface area contributed by atoms with Gasteiger partial charge in [0.15, 0.2) is 0 Å². The van der Waals surface area contributed by atoms with Crippen molar-refractivity contribution in [2.24, 2.45) is 5.92 Å². The number of non-ortho nitro benzene ring substituents is 1. The number of methoxy groups -OCH3 is 1. The third kappa shape index (κ3) is 5.90. The lowest BCUT2D eigenvalue weighted by molar-refractivity contribution is -0.384. The monoisotopic (exact) mass is 674 g/mol. The molecule has 2 aliphatic heterocycles. The third-order valence-corrected chi connectivity index (χ3v) is 10.4. The minimum Gasteiger partial charge on any atom is -0.497 e. The van der Waals surface area contributed by atoms with Crippen LogP contribution in [0.25, 0.3) is 0 Å². The van der Waals surface area contributed by atoms with Crippen LogP contribution in [0.2, 0.25) is 0 Å². The number of nitro groups is 1. The molecular weight excluding hydrogens is 649 g/mol. The number of anilines is 2. The van der Waals surface area contributed by atoms with Crippen molar-refractivity contribution in [1.82, 2.24) is 4.57 Å². The number of nitrogens with one attached hydrogen (secondary N) is 1. The average molecular weight is 675 g/mol. The zero-order chi connectivity index (χ0) is 33.4. The van der Waals surface area contributed by atoms with Crippen molar-refractivity contribution in [3.05, 3.63) is 109 Å². The minimum atomic E-state index is -0.934. The van der Waals surface area contributed by atoms with Gasteiger partial charge in [0.05, 0.1) is 40.8 Å². The van der Waals surface area contributed by atoms with Crippen molar-refractivity contribution in [2.75, 3.05) is 23.9 Å². The number of thiazole rings is 1. The summed E-state index contributed by atoms with van der Waals surface area (Å²) in [6.07, 6.45) is 0. The number of hydrogen-bond donors (Lipinski definition) is 1. The number of hydrogen-bond acceptors (Lipinski definition) is 11. The van der Waals surface area contributed by atoms with Gasteiger partial charge in [-0.1, -0.05) is 35.2 Å². The van der Waals surface area contributed by atoms with Crippen LogP contribution in [0.3, 0.4) is 0 Å². The van der Waals surface area contributed by atoms with Gasteiger partial charge >= 0.3 is 10.8 Å². The SMILES string of the molecule is CCOC(=O)c1ccc(NC(=O)Cn2c3c(sc2=O)[C@H](c2ccc(OC)cc2)C2C(=O)N(c4ccc([N+](=O)[O-])cc4)C(=O)C2S3)cc1. The van der Waals surface area contributed by atoms with Crippen LogP contribution in [0.1, 0.15) is 33.6 Å². The number of rotatable bonds is 9. The Labute approximate surface area is 275 Å². The maximum absolute atomic E-state index is 14.0. The Bertz CT molecular complexity index is 1950. The number of carbonyl (C=O) groups is 4. The van der Waals surface area contributed by atoms with Crippen molar-refractivity contribution < 1.29 is 33.6 Å². The van der Waals surface area contributed by atoms with Gasteiger partial charge in [0.25, 0.3) is 5.69 Å². The molecule has 3 aromatic carbocycles. The number of esters is 1. The van der Waals surface area contributed by atoms with Crippen molar-refractivity contribution in [3.63, 3.8) is 0 Å². The summed E-state index contributed by atoms with van der Waals surface area (Å²) in [7, 11) is 1.52. The Balaban J connectivity index is 1.33. The second kappa shape index (κ2) is 12.8. The average Bonchev–Trinajstić information content (AvgIpc) is 3.51. The maximum Gasteiger partial charge on any atom is 0.338 e. The number of nitro benzene ring substituents is 1. The zero-order valence-electron chi connectivity index (χ0n) is 24.9. The summed E-state index contributed by atoms with van der Waals surface area (Å²) in [5.74, 6) is -3.03. The summed E-state index contributed by atoms with van der Waals surface area (Å²) >= 11 is 1.96. The molecule has 6 rings (SSSR count). The van der Waals surface area contributed by atoms with Crippen LogP contribution in [0.15, 0.2) is 82.6 Å². The summed E-state index contributed by atoms with van der Waals surface area (Å²) in [5, 5.41) is 13.4. The highest BCUT2D eigenvalue weighted by Gasteiger charge is 2.56. The normalized spacial score (nSPS) is 18.3. The van der Waals surface area contributed by atoms with E-state index in [9.17, 15) is 34.1 Å². The first-order chi connectivity index (χ1) is 22.6. The first-order valence-electron chi connectivity index (χ1n) is 14.3. The Kier molecular flexibility index (Phi) is 8.66. The molecule has 2 unspecified atom stereocenters. The molecule has 1 saturated heterocycles. The van der Waals surface area contributed by atoms with Gasteiger partial charge in [-0.3, -0.25) is 33.9 Å². The fraction of sp³-hybridized carbons (Fsp3) is 0.219. The Hall–Kier alpha value is -5.28. The topological polar surface area (TPSA) is 167 Å². The molecule has 13 nitrogen and oxygen atoms in total. The second-order valence-electron chi connectivity index (χ2n) is 10.6. The van der Waals surface area contributed by atoms with E-state index in [-0.39, 0.29) is 24.5 Å². The van der Waals surface area contributed by atoms with Crippen molar-refractivity contribution in [2.45, 2.75) is 29.7 Å². The van der Waals surface area contributed by atoms with Gasteiger partial charge in [0.1, 0.15) is 17.5 Å². The molecule has 3 atom stereocenters. The van der Waals surface area contributed by atoms with Gasteiger partial charge in [-0.2, -0.15) is 0 Å². The van der Waals surface area contributed by atoms with Gasteiger partial charge in [-0.05, 0) is 61.0 Å². The first-order valence-corrected chi connectivity index (χ1v) is 16.0. The van der Waals surface area contributed by atoms with Gasteiger partial charge in [-0.15, -0.1) is 0 Å². The van der Waals surface area contributed by atoms with Crippen molar-refractivity contribution in [1.29, 1.82) is 0 Å². The summed E-state index contributed by atoms with van der Waals surface area (Å²) in [6, 6.07) is 18.3. The summed E-state index contributed by atoms with van der Waals surface area (Å²) < 4.78 is 11.6. The van der Waals surface area contributed by atoms with E-state index in [2.05, 4.69) is 5.32 Å². The van der Waals surface area contributed by atoms with Crippen LogP contribution >= 0.6 is 23.1 Å². The molecule has 240 valence electrons. The molecule has 3 amide bonds. The molecule has 0 radical (unpaired) electrons. The maximum atomic E-state index is 14.0. The molecule has 1 aromatic heterocycles. The lowest BCUT2D eigenvalue weighted by Gasteiger charge is -2.30. The van der Waals surface area contributed by atoms with Crippen LogP contribution in [0, 0.1) is 16.0 Å². The highest BCUT2D eigenvalue weighted by Crippen LogP contribution is 2.54. The van der Waals surface area contributed by atoms with E-state index in [1.165, 1.54) is 48.1 Å². The fourth-order valence-corrected chi connectivity index (χ4v) is 8.42. The number of thioether (sulfide) groups is 1. The van der Waals surface area contributed by atoms with E-state index in [0.717, 1.165) is 28.0 Å². The molecule has 0 aliphatic carbocycles. The van der Waals surface area contributed by atoms with Crippen LogP contribution in [-0.2, 0) is 25.7 Å². The number of fused-ring (bicyclic) bond motifs is 2. The molecule has 1 fully saturated rings. The second-order valence-corrected chi connectivity index (χ2v) is 12.7. The molecule has 15 heteroatoms. The van der Waals surface area contributed by atoms with Gasteiger partial charge < -0.3 is 14.8 Å². The number of nitrogens with zero attached hydrogens (tertiary/aromatic N) is 3. The quantitative estimate of drug-likeness (QED) is 0.116. The van der Waals surface area contributed by atoms with Gasteiger partial charge in [-0.25, -0.2) is 9.69 Å². The number of imide groups is 1. The van der Waals surface area contributed by atoms with E-state index in [1.54, 1.807) is 43.3 Å². The van der Waals surface area contributed by atoms with Crippen LogP contribution < -0.4 is 19.8 Å². The molecule has 0 saturated carbocycles. The number of amides is 3. The highest BCUT2D eigenvalue weighted by molar-refractivity contribution is 8.00. The van der Waals surface area contributed by atoms with E-state index in [0.29, 0.717) is 32.5 Å². The van der Waals surface area contributed by atoms with Crippen LogP contribution in [0.4, 0.5) is 17.1 Å². The lowest BCUT2D eigenvalue weighted by atomic mass is 9.83. The predicted molar refractivity (Wildman–Crippen MR) is 173 cm³/mol. The summed E-state index contributed by atoms with van der Waals surface area (Å²) in [4.78, 5) is 78.2. The first kappa shape index (κ1) is 31.7. The molecule has 2 aliphatic rings. The predicted octanol–water partition coefficient (Wildman–Crippen LogP) is 4.44. The minimum absolute atomic E-state index is 0.185. The largest absolute Gasteiger partial charge is 0.497 e. The lowest BCUT2D eigenvalue weighted by Crippen LogP contribution is -2.33. The number of aromatic nitrogens is 1. The zero-order valence-corrected chi connectivity index (χ0v) is 26.5. The fourth-order valence-electron chi connectivity index (χ4n) is 5.65. The molecule has 4 aromatic rings. The van der Waals surface area contributed by atoms with E-state index in [4.69, 9.17) is 9.47 Å². The van der Waals surface area contributed by atoms with E-state index >= 15 is 0 Å². The number of carbonyl (C=O) groups excluding carboxylic acids is 4. The molecule has 0 spiro atoms. The molecular formula is C32H26N4O9S2. The third-order valence-electron chi connectivity index (χ3n) is 7.82. The van der Waals surface area contributed by atoms with Gasteiger partial charge in [0.2, 0.25) is 17.7 Å². The smallest absolute Gasteiger partial charge is 0.338 e. The standard InChI is InChI=1S/C32H26N4O9S2/c1-3-45-31(40)18-4-8-19(9-5-18)33-23(37)16-34-30-27(47-32(34)41)24(17-6-14-22(44-2)15-7-17)25-26(46-30)29(39)35(28(25)38)20-10-12-21(13-11-20)36(42)43/h4-15,24-26H,3,16H2,1-2H3,(H,33,37)/t24-,25?,26?/m1/s1. The Morgan fingerprint density at radius 2 is 1.64 bits per heavy atom. The van der Waals surface area contributed by atoms with Crippen LogP contribution in [0.5, 0.6) is 5.75 Å². The molecule has 1 N–H and O–H groups in total. The van der Waals surface area contributed by atoms with Crippen molar-refractivity contribution in [3.8, 4) is 5.75 Å². The number of benzene rings is 3. The van der Waals surface area contributed by atoms with Crippen molar-refractivity contribution >= 4 is 63.9 Å². The van der Waals surface area contributed by atoms with E-state index < -0.39 is 50.6 Å². The Morgan fingerprint density at radius 3 is 2.26 bits per heavy atom.